The number of benzene rings is 2. The first kappa shape index (κ1) is 31.5. The van der Waals surface area contributed by atoms with Gasteiger partial charge in [-0.25, -0.2) is 4.79 Å². The van der Waals surface area contributed by atoms with Gasteiger partial charge < -0.3 is 23.7 Å². The number of amides is 3. The van der Waals surface area contributed by atoms with Gasteiger partial charge in [0.1, 0.15) is 5.60 Å². The number of carbonyl (C=O) groups excluding carboxylic acids is 3. The van der Waals surface area contributed by atoms with Crippen molar-refractivity contribution in [3.8, 4) is 17.2 Å². The average molecular weight is 603 g/mol. The molecule has 2 aromatic carbocycles. The Labute approximate surface area is 234 Å². The summed E-state index contributed by atoms with van der Waals surface area (Å²) in [7, 11) is -3.33. The highest BCUT2D eigenvalue weighted by molar-refractivity contribution is 7.88. The van der Waals surface area contributed by atoms with Crippen LogP contribution in [0, 0.1) is 0 Å². The number of alkyl halides is 3. The van der Waals surface area contributed by atoms with Gasteiger partial charge in [0.2, 0.25) is 0 Å². The molecule has 0 spiro atoms. The van der Waals surface area contributed by atoms with Crippen molar-refractivity contribution in [2.45, 2.75) is 50.8 Å². The zero-order valence-corrected chi connectivity index (χ0v) is 23.6. The molecule has 11 nitrogen and oxygen atoms in total. The van der Waals surface area contributed by atoms with Crippen molar-refractivity contribution in [1.29, 1.82) is 0 Å². The van der Waals surface area contributed by atoms with Crippen molar-refractivity contribution in [2.75, 3.05) is 20.8 Å². The van der Waals surface area contributed by atoms with E-state index in [0.717, 1.165) is 17.0 Å². The van der Waals surface area contributed by atoms with E-state index < -0.39 is 56.5 Å². The average Bonchev–Trinajstić information content (AvgIpc) is 3.12. The fourth-order valence-electron chi connectivity index (χ4n) is 4.10. The Morgan fingerprint density at radius 1 is 0.976 bits per heavy atom. The minimum atomic E-state index is -6.12. The normalized spacial score (nSPS) is 14.4. The third kappa shape index (κ3) is 7.01. The number of nitrogens with zero attached hydrogens (tertiary/aromatic N) is 1. The highest BCUT2D eigenvalue weighted by Crippen LogP contribution is 2.41. The minimum absolute atomic E-state index is 0.0911. The number of alkyl carbamates (subject to hydrolysis) is 1. The number of hydrogen-bond acceptors (Lipinski definition) is 9. The molecule has 1 aliphatic heterocycles. The molecule has 0 saturated heterocycles. The van der Waals surface area contributed by atoms with Crippen LogP contribution in [0.3, 0.4) is 0 Å². The third-order valence-electron chi connectivity index (χ3n) is 5.82. The molecule has 0 bridgehead atoms. The number of ether oxygens (including phenoxy) is 3. The Balaban J connectivity index is 1.97. The summed E-state index contributed by atoms with van der Waals surface area (Å²) in [5, 5.41) is 2.58. The van der Waals surface area contributed by atoms with Gasteiger partial charge >= 0.3 is 21.7 Å². The molecular weight excluding hydrogens is 573 g/mol. The number of carbonyl (C=O) groups is 3. The Morgan fingerprint density at radius 3 is 2.22 bits per heavy atom. The molecule has 41 heavy (non-hydrogen) atoms. The predicted molar refractivity (Wildman–Crippen MR) is 138 cm³/mol. The molecule has 1 N–H and O–H groups in total. The van der Waals surface area contributed by atoms with Crippen LogP contribution in [0.5, 0.6) is 17.2 Å². The Bertz CT molecular complexity index is 1440. The highest BCUT2D eigenvalue weighted by Gasteiger charge is 2.50. The molecule has 2 aromatic rings. The molecule has 0 aliphatic carbocycles. The zero-order valence-electron chi connectivity index (χ0n) is 22.8. The molecule has 3 amide bonds. The summed E-state index contributed by atoms with van der Waals surface area (Å²) in [6.07, 6.45) is -0.348. The Hall–Kier alpha value is -4.01. The monoisotopic (exact) mass is 602 g/mol. The van der Waals surface area contributed by atoms with Crippen LogP contribution in [0.1, 0.15) is 65.9 Å². The molecule has 224 valence electrons. The molecule has 3 rings (SSSR count). The third-order valence-corrected chi connectivity index (χ3v) is 6.78. The van der Waals surface area contributed by atoms with E-state index in [2.05, 4.69) is 9.50 Å². The van der Waals surface area contributed by atoms with Crippen LogP contribution < -0.4 is 19.0 Å². The van der Waals surface area contributed by atoms with Crippen LogP contribution in [0.15, 0.2) is 36.4 Å². The highest BCUT2D eigenvalue weighted by atomic mass is 32.2. The topological polar surface area (TPSA) is 138 Å². The zero-order chi connectivity index (χ0) is 30.8. The summed E-state index contributed by atoms with van der Waals surface area (Å²) in [6.45, 7) is 5.18. The molecule has 0 unspecified atom stereocenters. The standard InChI is InChI=1S/C26H29F3N2O9S/c1-25(2,3)39-24(34)30-13-7-9-17(15-11-12-18(37-4)20(14-15)38-5)31-22(32)16-8-6-10-19(21(16)23(31)33)40-41(35,36)26(27,28)29/h6,8,10-12,14,17H,7,9,13H2,1-5H3,(H,30,34)/t17-/m1/s1. The lowest BCUT2D eigenvalue weighted by molar-refractivity contribution is -0.0500. The Kier molecular flexibility index (Phi) is 9.11. The van der Waals surface area contributed by atoms with E-state index in [-0.39, 0.29) is 30.7 Å². The first-order chi connectivity index (χ1) is 19.0. The van der Waals surface area contributed by atoms with Gasteiger partial charge in [-0.05, 0) is 63.4 Å². The second-order valence-electron chi connectivity index (χ2n) is 9.84. The summed E-state index contributed by atoms with van der Waals surface area (Å²) < 4.78 is 82.3. The fraction of sp³-hybridized carbons (Fsp3) is 0.423. The van der Waals surface area contributed by atoms with Crippen molar-refractivity contribution in [2.24, 2.45) is 0 Å². The van der Waals surface area contributed by atoms with Gasteiger partial charge in [-0.15, -0.1) is 0 Å². The van der Waals surface area contributed by atoms with Crippen molar-refractivity contribution >= 4 is 28.0 Å². The van der Waals surface area contributed by atoms with Gasteiger partial charge in [0.05, 0.1) is 31.4 Å². The number of halogens is 3. The van der Waals surface area contributed by atoms with E-state index in [4.69, 9.17) is 14.2 Å². The lowest BCUT2D eigenvalue weighted by atomic mass is 9.99. The van der Waals surface area contributed by atoms with Crippen molar-refractivity contribution in [3.63, 3.8) is 0 Å². The number of fused-ring (bicyclic) bond motifs is 1. The Morgan fingerprint density at radius 2 is 1.63 bits per heavy atom. The van der Waals surface area contributed by atoms with Crippen LogP contribution in [-0.2, 0) is 14.9 Å². The van der Waals surface area contributed by atoms with Crippen LogP contribution >= 0.6 is 0 Å². The van der Waals surface area contributed by atoms with Crippen molar-refractivity contribution < 1.29 is 54.4 Å². The largest absolute Gasteiger partial charge is 0.534 e. The summed E-state index contributed by atoms with van der Waals surface area (Å²) in [4.78, 5) is 39.8. The molecule has 1 heterocycles. The first-order valence-electron chi connectivity index (χ1n) is 12.2. The SMILES string of the molecule is COc1ccc([C@@H](CCCNC(=O)OC(C)(C)C)N2C(=O)c3cccc(OS(=O)(=O)C(F)(F)F)c3C2=O)cc1OC. The van der Waals surface area contributed by atoms with Crippen LogP contribution in [0.4, 0.5) is 18.0 Å². The van der Waals surface area contributed by atoms with E-state index in [1.807, 2.05) is 0 Å². The second kappa shape index (κ2) is 11.8. The number of methoxy groups -OCH3 is 2. The lowest BCUT2D eigenvalue weighted by Gasteiger charge is -2.27. The van der Waals surface area contributed by atoms with Gasteiger partial charge in [-0.2, -0.15) is 21.6 Å². The fourth-order valence-corrected chi connectivity index (χ4v) is 4.57. The van der Waals surface area contributed by atoms with E-state index in [1.54, 1.807) is 32.9 Å². The molecule has 0 saturated carbocycles. The lowest BCUT2D eigenvalue weighted by Crippen LogP contribution is -2.36. The maximum absolute atomic E-state index is 13.6. The number of hydrogen-bond donors (Lipinski definition) is 1. The van der Waals surface area contributed by atoms with E-state index in [9.17, 15) is 36.0 Å². The minimum Gasteiger partial charge on any atom is -0.493 e. The summed E-state index contributed by atoms with van der Waals surface area (Å²) in [5.41, 5.74) is -7.04. The van der Waals surface area contributed by atoms with Crippen LogP contribution in [0.2, 0.25) is 0 Å². The first-order valence-corrected chi connectivity index (χ1v) is 13.6. The van der Waals surface area contributed by atoms with Gasteiger partial charge in [0.25, 0.3) is 11.8 Å². The van der Waals surface area contributed by atoms with E-state index >= 15 is 0 Å². The van der Waals surface area contributed by atoms with Gasteiger partial charge in [0.15, 0.2) is 17.2 Å². The van der Waals surface area contributed by atoms with Gasteiger partial charge in [-0.3, -0.25) is 14.5 Å². The smallest absolute Gasteiger partial charge is 0.493 e. The molecule has 0 aromatic heterocycles. The van der Waals surface area contributed by atoms with Gasteiger partial charge in [0, 0.05) is 6.54 Å². The molecule has 0 fully saturated rings. The molecule has 0 radical (unpaired) electrons. The second-order valence-corrected chi connectivity index (χ2v) is 11.4. The molecule has 1 aliphatic rings. The summed E-state index contributed by atoms with van der Waals surface area (Å²) >= 11 is 0. The number of nitrogens with one attached hydrogen (secondary N) is 1. The predicted octanol–water partition coefficient (Wildman–Crippen LogP) is 4.57. The van der Waals surface area contributed by atoms with Crippen LogP contribution in [0.25, 0.3) is 0 Å². The van der Waals surface area contributed by atoms with Crippen molar-refractivity contribution in [1.82, 2.24) is 10.2 Å². The summed E-state index contributed by atoms with van der Waals surface area (Å²) in [5.74, 6) is -2.23. The van der Waals surface area contributed by atoms with Crippen LogP contribution in [-0.4, -0.2) is 63.1 Å². The number of rotatable bonds is 10. The maximum atomic E-state index is 13.6. The van der Waals surface area contributed by atoms with E-state index in [1.165, 1.54) is 26.4 Å². The summed E-state index contributed by atoms with van der Waals surface area (Å²) in [6, 6.07) is 6.77. The maximum Gasteiger partial charge on any atom is 0.534 e. The molecular formula is C26H29F3N2O9S. The molecule has 15 heteroatoms. The van der Waals surface area contributed by atoms with Gasteiger partial charge in [-0.1, -0.05) is 12.1 Å². The quantitative estimate of drug-likeness (QED) is 0.179. The van der Waals surface area contributed by atoms with E-state index in [0.29, 0.717) is 11.3 Å². The van der Waals surface area contributed by atoms with Crippen molar-refractivity contribution in [3.05, 3.63) is 53.1 Å². The number of imide groups is 1. The molecule has 1 atom stereocenters.